The molecule has 2 N–H and O–H groups in total. The van der Waals surface area contributed by atoms with E-state index < -0.39 is 0 Å². The highest BCUT2D eigenvalue weighted by Gasteiger charge is 2.19. The molecule has 0 saturated carbocycles. The zero-order valence-corrected chi connectivity index (χ0v) is 9.84. The van der Waals surface area contributed by atoms with Crippen LogP contribution in [0.25, 0.3) is 0 Å². The van der Waals surface area contributed by atoms with Crippen LogP contribution in [0, 0.1) is 0 Å². The number of aromatic nitrogens is 2. The summed E-state index contributed by atoms with van der Waals surface area (Å²) in [6, 6.07) is 3.98. The van der Waals surface area contributed by atoms with Gasteiger partial charge in [-0.15, -0.1) is 17.5 Å². The summed E-state index contributed by atoms with van der Waals surface area (Å²) < 4.78 is 0. The Morgan fingerprint density at radius 1 is 1.47 bits per heavy atom. The second-order valence-electron chi connectivity index (χ2n) is 3.63. The van der Waals surface area contributed by atoms with E-state index in [9.17, 15) is 0 Å². The highest BCUT2D eigenvalue weighted by molar-refractivity contribution is 6.29. The van der Waals surface area contributed by atoms with E-state index >= 15 is 0 Å². The first-order valence-electron chi connectivity index (χ1n) is 4.70. The van der Waals surface area contributed by atoms with Crippen molar-refractivity contribution in [3.05, 3.63) is 23.0 Å². The fourth-order valence-corrected chi connectivity index (χ4v) is 1.76. The molecular weight excluding hydrogens is 235 g/mol. The number of halogens is 2. The fourth-order valence-electron chi connectivity index (χ4n) is 1.66. The van der Waals surface area contributed by atoms with E-state index in [1.165, 1.54) is 0 Å². The van der Waals surface area contributed by atoms with Gasteiger partial charge >= 0.3 is 0 Å². The van der Waals surface area contributed by atoms with Crippen LogP contribution >= 0.6 is 24.0 Å². The molecule has 1 aliphatic heterocycles. The molecule has 1 aromatic rings. The zero-order valence-electron chi connectivity index (χ0n) is 8.27. The molecule has 0 spiro atoms. The summed E-state index contributed by atoms with van der Waals surface area (Å²) in [6.07, 6.45) is 1.07. The summed E-state index contributed by atoms with van der Waals surface area (Å²) >= 11 is 5.64. The van der Waals surface area contributed by atoms with E-state index in [1.807, 2.05) is 6.07 Å². The van der Waals surface area contributed by atoms with Crippen LogP contribution in [-0.4, -0.2) is 34.2 Å². The van der Waals surface area contributed by atoms with E-state index in [-0.39, 0.29) is 12.4 Å². The SMILES string of the molecule is Cl.N[C@@H]1CCN(Cc2ccc(Cl)nn2)C1. The number of nitrogens with zero attached hydrogens (tertiary/aromatic N) is 3. The van der Waals surface area contributed by atoms with E-state index in [2.05, 4.69) is 15.1 Å². The van der Waals surface area contributed by atoms with E-state index in [4.69, 9.17) is 17.3 Å². The molecule has 1 saturated heterocycles. The second-order valence-corrected chi connectivity index (χ2v) is 4.02. The quantitative estimate of drug-likeness (QED) is 0.852. The second kappa shape index (κ2) is 5.61. The lowest BCUT2D eigenvalue weighted by Crippen LogP contribution is -2.26. The standard InChI is InChI=1S/C9H13ClN4.ClH/c10-9-2-1-8(12-13-9)6-14-4-3-7(11)5-14;/h1-2,7H,3-6,11H2;1H/t7-;/m1./s1. The van der Waals surface area contributed by atoms with Crippen molar-refractivity contribution in [2.24, 2.45) is 5.73 Å². The van der Waals surface area contributed by atoms with Crippen molar-refractivity contribution < 1.29 is 0 Å². The highest BCUT2D eigenvalue weighted by atomic mass is 35.5. The monoisotopic (exact) mass is 248 g/mol. The number of rotatable bonds is 2. The number of hydrogen-bond donors (Lipinski definition) is 1. The molecule has 84 valence electrons. The van der Waals surface area contributed by atoms with Crippen LogP contribution in [0.15, 0.2) is 12.1 Å². The molecule has 1 aliphatic rings. The van der Waals surface area contributed by atoms with E-state index in [1.54, 1.807) is 6.07 Å². The number of hydrogen-bond acceptors (Lipinski definition) is 4. The molecular formula is C9H14Cl2N4. The van der Waals surface area contributed by atoms with Crippen molar-refractivity contribution in [2.45, 2.75) is 19.0 Å². The summed E-state index contributed by atoms with van der Waals surface area (Å²) in [4.78, 5) is 2.28. The first-order chi connectivity index (χ1) is 6.74. The zero-order chi connectivity index (χ0) is 9.97. The Kier molecular flexibility index (Phi) is 4.73. The Hall–Kier alpha value is -0.420. The Labute approximate surface area is 100 Å². The summed E-state index contributed by atoms with van der Waals surface area (Å²) in [5.74, 6) is 0. The predicted molar refractivity (Wildman–Crippen MR) is 62.2 cm³/mol. The van der Waals surface area contributed by atoms with Crippen LogP contribution in [-0.2, 0) is 6.54 Å². The maximum Gasteiger partial charge on any atom is 0.151 e. The smallest absolute Gasteiger partial charge is 0.151 e. The summed E-state index contributed by atoms with van der Waals surface area (Å²) in [7, 11) is 0. The van der Waals surface area contributed by atoms with Gasteiger partial charge in [-0.25, -0.2) is 0 Å². The highest BCUT2D eigenvalue weighted by Crippen LogP contribution is 2.11. The Morgan fingerprint density at radius 3 is 2.80 bits per heavy atom. The first-order valence-corrected chi connectivity index (χ1v) is 5.08. The molecule has 6 heteroatoms. The van der Waals surface area contributed by atoms with Crippen LogP contribution in [0.5, 0.6) is 0 Å². The molecule has 15 heavy (non-hydrogen) atoms. The molecule has 2 heterocycles. The molecule has 1 atom stereocenters. The molecule has 1 fully saturated rings. The number of nitrogens with two attached hydrogens (primary N) is 1. The molecule has 0 aromatic carbocycles. The lowest BCUT2D eigenvalue weighted by Gasteiger charge is -2.13. The van der Waals surface area contributed by atoms with Gasteiger partial charge in [-0.2, -0.15) is 5.10 Å². The Morgan fingerprint density at radius 2 is 2.27 bits per heavy atom. The molecule has 0 unspecified atom stereocenters. The lowest BCUT2D eigenvalue weighted by molar-refractivity contribution is 0.321. The first kappa shape index (κ1) is 12.6. The van der Waals surface area contributed by atoms with Gasteiger partial charge in [0.1, 0.15) is 0 Å². The van der Waals surface area contributed by atoms with Crippen molar-refractivity contribution in [3.63, 3.8) is 0 Å². The molecule has 0 bridgehead atoms. The molecule has 4 nitrogen and oxygen atoms in total. The van der Waals surface area contributed by atoms with Crippen LogP contribution in [0.3, 0.4) is 0 Å². The average Bonchev–Trinajstić information content (AvgIpc) is 2.56. The van der Waals surface area contributed by atoms with Gasteiger partial charge in [0.25, 0.3) is 0 Å². The van der Waals surface area contributed by atoms with Gasteiger partial charge in [0.05, 0.1) is 5.69 Å². The van der Waals surface area contributed by atoms with Crippen molar-refractivity contribution in [3.8, 4) is 0 Å². The van der Waals surface area contributed by atoms with Gasteiger partial charge in [0, 0.05) is 25.7 Å². The Balaban J connectivity index is 0.00000112. The van der Waals surface area contributed by atoms with Gasteiger partial charge in [-0.05, 0) is 18.6 Å². The van der Waals surface area contributed by atoms with Gasteiger partial charge in [0.15, 0.2) is 5.15 Å². The summed E-state index contributed by atoms with van der Waals surface area (Å²) in [6.45, 7) is 2.81. The Bertz CT molecular complexity index is 303. The third-order valence-corrected chi connectivity index (χ3v) is 2.58. The van der Waals surface area contributed by atoms with Gasteiger partial charge in [-0.1, -0.05) is 11.6 Å². The van der Waals surface area contributed by atoms with Gasteiger partial charge in [-0.3, -0.25) is 4.90 Å². The molecule has 1 aromatic heterocycles. The largest absolute Gasteiger partial charge is 0.326 e. The number of likely N-dealkylation sites (tertiary alicyclic amines) is 1. The summed E-state index contributed by atoms with van der Waals surface area (Å²) in [5.41, 5.74) is 6.75. The lowest BCUT2D eigenvalue weighted by atomic mass is 10.3. The third kappa shape index (κ3) is 3.57. The van der Waals surface area contributed by atoms with Crippen LogP contribution in [0.1, 0.15) is 12.1 Å². The molecule has 0 amide bonds. The predicted octanol–water partition coefficient (Wildman–Crippen LogP) is 1.08. The van der Waals surface area contributed by atoms with Gasteiger partial charge < -0.3 is 5.73 Å². The molecule has 2 rings (SSSR count). The van der Waals surface area contributed by atoms with Crippen LogP contribution in [0.4, 0.5) is 0 Å². The third-order valence-electron chi connectivity index (χ3n) is 2.38. The summed E-state index contributed by atoms with van der Waals surface area (Å²) in [5, 5.41) is 8.24. The minimum atomic E-state index is 0. The van der Waals surface area contributed by atoms with E-state index in [0.29, 0.717) is 11.2 Å². The van der Waals surface area contributed by atoms with Crippen molar-refractivity contribution in [1.82, 2.24) is 15.1 Å². The van der Waals surface area contributed by atoms with Crippen molar-refractivity contribution >= 4 is 24.0 Å². The maximum atomic E-state index is 5.80. The maximum absolute atomic E-state index is 5.80. The fraction of sp³-hybridized carbons (Fsp3) is 0.556. The van der Waals surface area contributed by atoms with Crippen LogP contribution < -0.4 is 5.73 Å². The topological polar surface area (TPSA) is 55.0 Å². The minimum Gasteiger partial charge on any atom is -0.326 e. The minimum absolute atomic E-state index is 0. The van der Waals surface area contributed by atoms with Crippen molar-refractivity contribution in [2.75, 3.05) is 13.1 Å². The molecule has 0 aliphatic carbocycles. The molecule has 0 radical (unpaired) electrons. The van der Waals surface area contributed by atoms with E-state index in [0.717, 1.165) is 31.7 Å². The van der Waals surface area contributed by atoms with Gasteiger partial charge in [0.2, 0.25) is 0 Å². The van der Waals surface area contributed by atoms with Crippen molar-refractivity contribution in [1.29, 1.82) is 0 Å². The average molecular weight is 249 g/mol. The van der Waals surface area contributed by atoms with Crippen LogP contribution in [0.2, 0.25) is 5.15 Å². The normalized spacial score (nSPS) is 21.3.